The van der Waals surface area contributed by atoms with Crippen molar-refractivity contribution in [1.82, 2.24) is 4.90 Å². The molecule has 1 saturated heterocycles. The number of para-hydroxylation sites is 1. The first-order valence-electron chi connectivity index (χ1n) is 16.2. The topological polar surface area (TPSA) is 118 Å². The molecule has 1 atom stereocenters. The summed E-state index contributed by atoms with van der Waals surface area (Å²) < 4.78 is 19.9. The minimum absolute atomic E-state index is 0.142. The number of H-pyrrole nitrogens is 1. The zero-order chi connectivity index (χ0) is 34.9. The highest BCUT2D eigenvalue weighted by Gasteiger charge is 2.41. The first kappa shape index (κ1) is 35.6. The maximum atomic E-state index is 13.2. The molecule has 1 unspecified atom stereocenters. The Morgan fingerprint density at radius 2 is 1.80 bits per heavy atom. The van der Waals surface area contributed by atoms with Crippen LogP contribution in [0.25, 0.3) is 0 Å². The number of halogens is 1. The molecule has 2 aliphatic rings. The number of fused-ring (bicyclic) bond motifs is 1. The van der Waals surface area contributed by atoms with E-state index in [9.17, 15) is 14.0 Å². The number of likely N-dealkylation sites (N-methyl/N-ethyl adjacent to an activating group) is 1. The Hall–Kier alpha value is -4.75. The fraction of sp³-hybridized carbons (Fsp3) is 0.278. The summed E-state index contributed by atoms with van der Waals surface area (Å²) in [7, 11) is 2.06. The minimum atomic E-state index is -0.561. The van der Waals surface area contributed by atoms with Gasteiger partial charge in [0.2, 0.25) is 11.6 Å². The molecule has 0 bridgehead atoms. The van der Waals surface area contributed by atoms with Crippen molar-refractivity contribution in [2.75, 3.05) is 41.5 Å². The molecule has 2 aromatic heterocycles. The summed E-state index contributed by atoms with van der Waals surface area (Å²) in [5.74, 6) is 0.871. The fourth-order valence-corrected chi connectivity index (χ4v) is 8.14. The van der Waals surface area contributed by atoms with Gasteiger partial charge in [0.05, 0.1) is 35.7 Å². The second kappa shape index (κ2) is 16.6. The number of aromatic nitrogens is 2. The molecule has 4 aromatic rings. The number of hydrogen-bond donors (Lipinski definition) is 3. The molecular formula is C36H42FN7O3S2+2. The number of thioether (sulfide) groups is 2. The van der Waals surface area contributed by atoms with Gasteiger partial charge in [-0.2, -0.15) is 0 Å². The van der Waals surface area contributed by atoms with E-state index in [4.69, 9.17) is 10.5 Å². The lowest BCUT2D eigenvalue weighted by atomic mass is 10.2. The number of carbonyl (C=O) groups is 2. The molecule has 10 nitrogen and oxygen atoms in total. The molecule has 49 heavy (non-hydrogen) atoms. The van der Waals surface area contributed by atoms with Crippen LogP contribution in [0.5, 0.6) is 0 Å². The average Bonchev–Trinajstić information content (AvgIpc) is 3.60. The van der Waals surface area contributed by atoms with Crippen LogP contribution < -0.4 is 30.8 Å². The summed E-state index contributed by atoms with van der Waals surface area (Å²) in [6.07, 6.45) is 2.41. The zero-order valence-electron chi connectivity index (χ0n) is 28.0. The maximum Gasteiger partial charge on any atom is 0.411 e. The molecule has 0 saturated carbocycles. The van der Waals surface area contributed by atoms with Crippen LogP contribution in [0, 0.1) is 5.82 Å². The van der Waals surface area contributed by atoms with Gasteiger partial charge in [-0.15, -0.1) is 0 Å². The third-order valence-electron chi connectivity index (χ3n) is 7.97. The van der Waals surface area contributed by atoms with E-state index in [0.29, 0.717) is 23.9 Å². The van der Waals surface area contributed by atoms with Crippen molar-refractivity contribution in [1.29, 1.82) is 0 Å². The Labute approximate surface area is 294 Å². The molecule has 0 radical (unpaired) electrons. The maximum absolute atomic E-state index is 13.2. The molecule has 2 amide bonds. The van der Waals surface area contributed by atoms with Gasteiger partial charge in [-0.05, 0) is 56.7 Å². The van der Waals surface area contributed by atoms with Crippen LogP contribution in [-0.4, -0.2) is 42.5 Å². The lowest BCUT2D eigenvalue weighted by molar-refractivity contribution is -0.700. The number of nitrogen functional groups attached to an aromatic ring is 1. The number of amides is 2. The summed E-state index contributed by atoms with van der Waals surface area (Å²) in [6, 6.07) is 24.2. The van der Waals surface area contributed by atoms with Crippen LogP contribution in [0.15, 0.2) is 99.9 Å². The number of carbonyl (C=O) groups excluding carboxylic acids is 2. The normalized spacial score (nSPS) is 16.6. The fourth-order valence-electron chi connectivity index (χ4n) is 5.44. The average molecular weight is 704 g/mol. The van der Waals surface area contributed by atoms with Crippen molar-refractivity contribution < 1.29 is 28.3 Å². The molecule has 0 spiro atoms. The van der Waals surface area contributed by atoms with Gasteiger partial charge in [0, 0.05) is 36.7 Å². The van der Waals surface area contributed by atoms with Crippen molar-refractivity contribution >= 4 is 58.5 Å². The highest BCUT2D eigenvalue weighted by Crippen LogP contribution is 2.50. The monoisotopic (exact) mass is 703 g/mol. The highest BCUT2D eigenvalue weighted by molar-refractivity contribution is 8.08. The first-order valence-corrected chi connectivity index (χ1v) is 17.9. The Balaban J connectivity index is 0.000000196. The standard InChI is InChI=1S/C21H24N3OS2.C15H17FN4O2/c1-4-23-13-9-8-10-15(23)14-18-24(5-2)20(25)19(27-18)21-22(3)16-11-6-7-12-17(16)26-21;1-2-22-15(21)19-12-7-8-13(20-14(12)17)18-9-10-3-5-11(16)6-4-10/h6-13,18H,4-5,14H2,1-3H3;3-8H,2,9H2,1H3,(H,19,21)(H3,17,18,20)/q+1;/p+1/b21-19+;. The van der Waals surface area contributed by atoms with E-state index in [1.165, 1.54) is 28.4 Å². The molecule has 13 heteroatoms. The van der Waals surface area contributed by atoms with E-state index < -0.39 is 6.09 Å². The van der Waals surface area contributed by atoms with Crippen LogP contribution in [0.3, 0.4) is 0 Å². The smallest absolute Gasteiger partial charge is 0.411 e. The Bertz CT molecular complexity index is 1820. The van der Waals surface area contributed by atoms with Gasteiger partial charge in [0.25, 0.3) is 5.91 Å². The number of nitrogens with one attached hydrogen (secondary N) is 3. The Morgan fingerprint density at radius 3 is 2.49 bits per heavy atom. The SMILES string of the molecule is CCN1C(=O)/C(=C2\Sc3ccccc3N2C)SC1Cc1cccc[n+]1CC.CCOC(=O)Nc1ccc(NCc2ccc(F)cc2)[nH+]c1N. The number of hydrogen-bond acceptors (Lipinski definition) is 8. The third kappa shape index (κ3) is 8.65. The van der Waals surface area contributed by atoms with Gasteiger partial charge in [0.15, 0.2) is 11.9 Å². The van der Waals surface area contributed by atoms with Crippen molar-refractivity contribution in [3.8, 4) is 0 Å². The van der Waals surface area contributed by atoms with Gasteiger partial charge in [0.1, 0.15) is 23.0 Å². The molecule has 256 valence electrons. The second-order valence-corrected chi connectivity index (χ2v) is 13.4. The number of nitrogens with zero attached hydrogens (tertiary/aromatic N) is 3. The number of anilines is 4. The number of benzene rings is 2. The number of rotatable bonds is 9. The van der Waals surface area contributed by atoms with E-state index in [2.05, 4.69) is 88.6 Å². The number of aryl methyl sites for hydroxylation is 1. The molecular weight excluding hydrogens is 662 g/mol. The van der Waals surface area contributed by atoms with Gasteiger partial charge in [-0.25, -0.2) is 18.7 Å². The molecule has 0 aliphatic carbocycles. The predicted octanol–water partition coefficient (Wildman–Crippen LogP) is 6.27. The summed E-state index contributed by atoms with van der Waals surface area (Å²) in [4.78, 5) is 33.7. The lowest BCUT2D eigenvalue weighted by Crippen LogP contribution is -2.41. The zero-order valence-corrected chi connectivity index (χ0v) is 29.7. The van der Waals surface area contributed by atoms with E-state index in [1.54, 1.807) is 54.7 Å². The number of aromatic amines is 1. The van der Waals surface area contributed by atoms with E-state index in [0.717, 1.165) is 35.0 Å². The van der Waals surface area contributed by atoms with Crippen LogP contribution in [-0.2, 0) is 29.0 Å². The van der Waals surface area contributed by atoms with E-state index >= 15 is 0 Å². The number of ether oxygens (including phenoxy) is 1. The molecule has 1 fully saturated rings. The van der Waals surface area contributed by atoms with Crippen molar-refractivity contribution in [2.24, 2.45) is 0 Å². The summed E-state index contributed by atoms with van der Waals surface area (Å²) in [5, 5.41) is 6.86. The largest absolute Gasteiger partial charge is 0.450 e. The highest BCUT2D eigenvalue weighted by atomic mass is 32.2. The van der Waals surface area contributed by atoms with Crippen molar-refractivity contribution in [2.45, 2.75) is 50.6 Å². The molecule has 2 aliphatic heterocycles. The molecule has 4 heterocycles. The van der Waals surface area contributed by atoms with Crippen LogP contribution >= 0.6 is 23.5 Å². The third-order valence-corrected chi connectivity index (χ3v) is 10.6. The van der Waals surface area contributed by atoms with Crippen molar-refractivity contribution in [3.05, 3.63) is 112 Å². The first-order chi connectivity index (χ1) is 23.7. The predicted molar refractivity (Wildman–Crippen MR) is 194 cm³/mol. The Morgan fingerprint density at radius 1 is 1.04 bits per heavy atom. The summed E-state index contributed by atoms with van der Waals surface area (Å²) in [5.41, 5.74) is 9.65. The van der Waals surface area contributed by atoms with E-state index in [-0.39, 0.29) is 23.7 Å². The number of pyridine rings is 2. The molecule has 5 N–H and O–H groups in total. The van der Waals surface area contributed by atoms with Crippen LogP contribution in [0.1, 0.15) is 32.0 Å². The van der Waals surface area contributed by atoms with Gasteiger partial charge < -0.3 is 25.6 Å². The van der Waals surface area contributed by atoms with Gasteiger partial charge in [-0.3, -0.25) is 10.1 Å². The second-order valence-electron chi connectivity index (χ2n) is 11.1. The van der Waals surface area contributed by atoms with Gasteiger partial charge in [-0.1, -0.05) is 53.9 Å². The van der Waals surface area contributed by atoms with Crippen molar-refractivity contribution in [3.63, 3.8) is 0 Å². The Kier molecular flexibility index (Phi) is 12.0. The lowest BCUT2D eigenvalue weighted by Gasteiger charge is -2.20. The van der Waals surface area contributed by atoms with Gasteiger partial charge >= 0.3 is 6.09 Å². The quantitative estimate of drug-likeness (QED) is 0.138. The summed E-state index contributed by atoms with van der Waals surface area (Å²) >= 11 is 3.42. The minimum Gasteiger partial charge on any atom is -0.450 e. The van der Waals surface area contributed by atoms with Crippen LogP contribution in [0.2, 0.25) is 0 Å². The van der Waals surface area contributed by atoms with Crippen LogP contribution in [0.4, 0.5) is 32.2 Å². The summed E-state index contributed by atoms with van der Waals surface area (Å²) in [6.45, 7) is 8.41. The van der Waals surface area contributed by atoms with E-state index in [1.807, 2.05) is 11.0 Å². The molecule has 2 aromatic carbocycles. The number of nitrogens with two attached hydrogens (primary N) is 1. The molecule has 6 rings (SSSR count).